The molecule has 3 heterocycles. The Morgan fingerprint density at radius 3 is 2.62 bits per heavy atom. The molecular formula is C19H18N6O4. The highest BCUT2D eigenvalue weighted by Gasteiger charge is 2.50. The lowest BCUT2D eigenvalue weighted by Crippen LogP contribution is -2.54. The van der Waals surface area contributed by atoms with Crippen molar-refractivity contribution in [1.82, 2.24) is 25.2 Å². The lowest BCUT2D eigenvalue weighted by molar-refractivity contribution is -0.136. The van der Waals surface area contributed by atoms with Crippen molar-refractivity contribution < 1.29 is 19.2 Å². The van der Waals surface area contributed by atoms with Gasteiger partial charge in [0.1, 0.15) is 11.7 Å². The predicted octanol–water partition coefficient (Wildman–Crippen LogP) is 0.317. The maximum Gasteiger partial charge on any atom is 0.264 e. The summed E-state index contributed by atoms with van der Waals surface area (Å²) >= 11 is 0. The topological polar surface area (TPSA) is 126 Å². The van der Waals surface area contributed by atoms with E-state index >= 15 is 0 Å². The van der Waals surface area contributed by atoms with E-state index in [-0.39, 0.29) is 24.0 Å². The Kier molecular flexibility index (Phi) is 3.61. The van der Waals surface area contributed by atoms with Crippen LogP contribution < -0.4 is 10.6 Å². The summed E-state index contributed by atoms with van der Waals surface area (Å²) in [5.74, 6) is -2.07. The second-order valence-corrected chi connectivity index (χ2v) is 7.66. The van der Waals surface area contributed by atoms with Crippen LogP contribution in [0.25, 0.3) is 0 Å². The summed E-state index contributed by atoms with van der Waals surface area (Å²) in [6.45, 7) is 0. The number of carbonyl (C=O) groups is 4. The van der Waals surface area contributed by atoms with Gasteiger partial charge in [0.25, 0.3) is 11.8 Å². The number of fused-ring (bicyclic) bond motifs is 1. The molecule has 2 aliphatic heterocycles. The van der Waals surface area contributed by atoms with Gasteiger partial charge in [0.15, 0.2) is 0 Å². The van der Waals surface area contributed by atoms with E-state index < -0.39 is 35.2 Å². The second kappa shape index (κ2) is 5.97. The quantitative estimate of drug-likeness (QED) is 0.715. The van der Waals surface area contributed by atoms with Crippen LogP contribution in [0.3, 0.4) is 0 Å². The van der Waals surface area contributed by atoms with Gasteiger partial charge in [-0.3, -0.25) is 34.1 Å². The van der Waals surface area contributed by atoms with E-state index in [9.17, 15) is 19.2 Å². The Morgan fingerprint density at radius 2 is 1.97 bits per heavy atom. The van der Waals surface area contributed by atoms with Crippen molar-refractivity contribution in [1.29, 1.82) is 0 Å². The molecule has 0 bridgehead atoms. The number of aryl methyl sites for hydroxylation is 1. The number of nitrogens with zero attached hydrogens (tertiary/aromatic N) is 4. The van der Waals surface area contributed by atoms with Gasteiger partial charge < -0.3 is 5.32 Å². The van der Waals surface area contributed by atoms with Gasteiger partial charge in [0.05, 0.1) is 22.9 Å². The molecule has 10 heteroatoms. The second-order valence-electron chi connectivity index (χ2n) is 7.66. The molecule has 10 nitrogen and oxygen atoms in total. The number of hydrogen-bond donors (Lipinski definition) is 2. The van der Waals surface area contributed by atoms with Crippen LogP contribution in [0.5, 0.6) is 0 Å². The van der Waals surface area contributed by atoms with E-state index in [1.54, 1.807) is 29.9 Å². The van der Waals surface area contributed by atoms with Gasteiger partial charge in [-0.05, 0) is 31.4 Å². The minimum atomic E-state index is -0.983. The fourth-order valence-electron chi connectivity index (χ4n) is 4.01. The zero-order chi connectivity index (χ0) is 20.3. The molecule has 1 saturated carbocycles. The summed E-state index contributed by atoms with van der Waals surface area (Å²) in [4.78, 5) is 50.7. The van der Waals surface area contributed by atoms with Crippen molar-refractivity contribution in [3.63, 3.8) is 0 Å². The fraction of sp³-hybridized carbons (Fsp3) is 0.368. The van der Waals surface area contributed by atoms with Gasteiger partial charge in [-0.2, -0.15) is 0 Å². The van der Waals surface area contributed by atoms with Gasteiger partial charge in [-0.1, -0.05) is 11.3 Å². The van der Waals surface area contributed by atoms with Crippen molar-refractivity contribution in [2.24, 2.45) is 7.05 Å². The van der Waals surface area contributed by atoms with Crippen molar-refractivity contribution >= 4 is 29.3 Å². The molecular weight excluding hydrogens is 376 g/mol. The number of anilines is 1. The minimum Gasteiger partial charge on any atom is -0.373 e. The number of imide groups is 2. The van der Waals surface area contributed by atoms with Gasteiger partial charge in [-0.15, -0.1) is 5.10 Å². The fourth-order valence-corrected chi connectivity index (χ4v) is 4.01. The molecule has 148 valence electrons. The molecule has 4 amide bonds. The number of aromatic nitrogens is 3. The van der Waals surface area contributed by atoms with Crippen LogP contribution in [-0.4, -0.2) is 49.6 Å². The number of rotatable bonds is 4. The highest BCUT2D eigenvalue weighted by atomic mass is 16.2. The van der Waals surface area contributed by atoms with Crippen LogP contribution >= 0.6 is 0 Å². The van der Waals surface area contributed by atoms with E-state index in [1.807, 2.05) is 6.20 Å². The molecule has 2 fully saturated rings. The monoisotopic (exact) mass is 394 g/mol. The molecule has 2 N–H and O–H groups in total. The molecule has 3 aliphatic rings. The third-order valence-corrected chi connectivity index (χ3v) is 5.69. The smallest absolute Gasteiger partial charge is 0.264 e. The molecule has 1 aliphatic carbocycles. The molecule has 1 aromatic heterocycles. The first-order valence-electron chi connectivity index (χ1n) is 9.39. The number of benzene rings is 1. The van der Waals surface area contributed by atoms with Crippen LogP contribution in [0.4, 0.5) is 5.69 Å². The number of amides is 4. The first-order chi connectivity index (χ1) is 13.9. The Labute approximate surface area is 165 Å². The SMILES string of the molecule is Cn1cc(C2(Nc3cccc4c3C(=O)N(C3CCC(=O)NC3=O)C4=O)CC2)nn1. The zero-order valence-electron chi connectivity index (χ0n) is 15.6. The van der Waals surface area contributed by atoms with Crippen molar-refractivity contribution in [2.75, 3.05) is 5.32 Å². The van der Waals surface area contributed by atoms with Gasteiger partial charge in [0.2, 0.25) is 11.8 Å². The Bertz CT molecular complexity index is 1090. The van der Waals surface area contributed by atoms with Gasteiger partial charge in [0, 0.05) is 19.2 Å². The number of piperidine rings is 1. The Morgan fingerprint density at radius 1 is 1.17 bits per heavy atom. The average molecular weight is 394 g/mol. The minimum absolute atomic E-state index is 0.0880. The number of carbonyl (C=O) groups excluding carboxylic acids is 4. The molecule has 0 spiro atoms. The first-order valence-corrected chi connectivity index (χ1v) is 9.39. The first kappa shape index (κ1) is 17.5. The summed E-state index contributed by atoms with van der Waals surface area (Å²) in [6, 6.07) is 4.04. The third-order valence-electron chi connectivity index (χ3n) is 5.69. The highest BCUT2D eigenvalue weighted by molar-refractivity contribution is 6.25. The summed E-state index contributed by atoms with van der Waals surface area (Å²) in [7, 11) is 1.78. The standard InChI is InChI=1S/C19H18N6O4/c1-24-9-13(22-23-24)19(7-8-19)21-11-4-2-3-10-15(11)18(29)25(17(10)28)12-5-6-14(26)20-16(12)27/h2-4,9,12,21H,5-8H2,1H3,(H,20,26,27). The normalized spacial score (nSPS) is 22.5. The van der Waals surface area contributed by atoms with Crippen LogP contribution in [0, 0.1) is 0 Å². The lowest BCUT2D eigenvalue weighted by atomic mass is 10.0. The number of nitrogens with one attached hydrogen (secondary N) is 2. The highest BCUT2D eigenvalue weighted by Crippen LogP contribution is 2.48. The van der Waals surface area contributed by atoms with Crippen LogP contribution in [0.2, 0.25) is 0 Å². The van der Waals surface area contributed by atoms with Crippen LogP contribution in [0.15, 0.2) is 24.4 Å². The van der Waals surface area contributed by atoms with E-state index in [1.165, 1.54) is 0 Å². The predicted molar refractivity (Wildman–Crippen MR) is 98.7 cm³/mol. The van der Waals surface area contributed by atoms with Crippen molar-refractivity contribution in [3.05, 3.63) is 41.2 Å². The van der Waals surface area contributed by atoms with Crippen LogP contribution in [-0.2, 0) is 22.2 Å². The maximum atomic E-state index is 13.2. The van der Waals surface area contributed by atoms with E-state index in [0.29, 0.717) is 5.69 Å². The summed E-state index contributed by atoms with van der Waals surface area (Å²) in [5.41, 5.74) is 1.38. The molecule has 29 heavy (non-hydrogen) atoms. The lowest BCUT2D eigenvalue weighted by Gasteiger charge is -2.28. The molecule has 1 atom stereocenters. The van der Waals surface area contributed by atoms with Gasteiger partial charge >= 0.3 is 0 Å². The molecule has 5 rings (SSSR count). The summed E-state index contributed by atoms with van der Waals surface area (Å²) in [6.07, 6.45) is 3.70. The van der Waals surface area contributed by atoms with Crippen molar-refractivity contribution in [2.45, 2.75) is 37.3 Å². The molecule has 1 aromatic carbocycles. The largest absolute Gasteiger partial charge is 0.373 e. The third kappa shape index (κ3) is 2.63. The molecule has 1 unspecified atom stereocenters. The van der Waals surface area contributed by atoms with E-state index in [2.05, 4.69) is 20.9 Å². The summed E-state index contributed by atoms with van der Waals surface area (Å²) in [5, 5.41) is 13.7. The number of hydrogen-bond acceptors (Lipinski definition) is 7. The Balaban J connectivity index is 1.48. The molecule has 0 radical (unpaired) electrons. The summed E-state index contributed by atoms with van der Waals surface area (Å²) < 4.78 is 1.62. The van der Waals surface area contributed by atoms with Gasteiger partial charge in [-0.25, -0.2) is 0 Å². The Hall–Kier alpha value is -3.56. The maximum absolute atomic E-state index is 13.2. The average Bonchev–Trinajstić information content (AvgIpc) is 3.25. The van der Waals surface area contributed by atoms with Crippen molar-refractivity contribution in [3.8, 4) is 0 Å². The molecule has 2 aromatic rings. The van der Waals surface area contributed by atoms with E-state index in [0.717, 1.165) is 23.4 Å². The molecule has 1 saturated heterocycles. The zero-order valence-corrected chi connectivity index (χ0v) is 15.6. The van der Waals surface area contributed by atoms with E-state index in [4.69, 9.17) is 0 Å². The van der Waals surface area contributed by atoms with Crippen LogP contribution in [0.1, 0.15) is 52.1 Å².